The number of benzene rings is 1. The third-order valence-electron chi connectivity index (χ3n) is 15.5. The Hall–Kier alpha value is -1.84. The first kappa shape index (κ1) is 56.9. The zero-order valence-corrected chi connectivity index (χ0v) is 54.2. The van der Waals surface area contributed by atoms with Crippen LogP contribution in [0.1, 0.15) is 187 Å². The molecule has 0 aliphatic carbocycles. The second kappa shape index (κ2) is 26.0. The number of carbonyl (C=O) groups is 2. The van der Waals surface area contributed by atoms with Crippen molar-refractivity contribution in [3.05, 3.63) is 75.6 Å². The third-order valence-corrected chi connectivity index (χ3v) is 26.8. The molecule has 0 aliphatic heterocycles. The van der Waals surface area contributed by atoms with Crippen molar-refractivity contribution in [3.8, 4) is 40.4 Å². The Bertz CT molecular complexity index is 3080. The molecular weight excluding hydrogens is 1190 g/mol. The molecule has 4 unspecified atom stereocenters. The van der Waals surface area contributed by atoms with E-state index in [9.17, 15) is 9.59 Å². The zero-order valence-electron chi connectivity index (χ0n) is 44.5. The van der Waals surface area contributed by atoms with Gasteiger partial charge in [-0.05, 0) is 131 Å². The number of hydrogen-bond acceptors (Lipinski definition) is 10. The summed E-state index contributed by atoms with van der Waals surface area (Å²) in [4.78, 5) is 40.8. The number of carbonyl (C=O) groups excluding carboxylic acids is 2. The van der Waals surface area contributed by atoms with E-state index in [2.05, 4.69) is 136 Å². The fourth-order valence-electron chi connectivity index (χ4n) is 10.9. The van der Waals surface area contributed by atoms with Gasteiger partial charge in [-0.2, -0.15) is 0 Å². The highest BCUT2D eigenvalue weighted by molar-refractivity contribution is 9.11. The molecule has 4 atom stereocenters. The number of thiophene rings is 8. The summed E-state index contributed by atoms with van der Waals surface area (Å²) >= 11 is 23.0. The molecule has 12 heteroatoms. The molecule has 8 aromatic heterocycles. The van der Waals surface area contributed by atoms with Gasteiger partial charge in [-0.15, -0.1) is 90.7 Å². The summed E-state index contributed by atoms with van der Waals surface area (Å²) in [5, 5.41) is 4.98. The van der Waals surface area contributed by atoms with Crippen molar-refractivity contribution in [1.29, 1.82) is 0 Å². The first-order valence-corrected chi connectivity index (χ1v) is 35.8. The average Bonchev–Trinajstić information content (AvgIpc) is 4.30. The van der Waals surface area contributed by atoms with Crippen LogP contribution in [0.3, 0.4) is 0 Å². The maximum atomic E-state index is 14.1. The molecule has 0 saturated heterocycles. The van der Waals surface area contributed by atoms with Gasteiger partial charge < -0.3 is 0 Å². The van der Waals surface area contributed by atoms with Crippen molar-refractivity contribution >= 4 is 174 Å². The molecule has 9 aromatic rings. The number of ketones is 2. The Morgan fingerprint density at radius 2 is 0.811 bits per heavy atom. The predicted molar refractivity (Wildman–Crippen MR) is 346 cm³/mol. The molecular formula is C62H72Br2O2S8. The maximum Gasteiger partial charge on any atom is 0.175 e. The molecule has 8 heterocycles. The molecule has 394 valence electrons. The van der Waals surface area contributed by atoms with E-state index in [0.29, 0.717) is 23.4 Å². The maximum absolute atomic E-state index is 14.1. The molecule has 2 nitrogen and oxygen atoms in total. The van der Waals surface area contributed by atoms with Crippen LogP contribution >= 0.6 is 123 Å². The summed E-state index contributed by atoms with van der Waals surface area (Å²) in [6.07, 6.45) is 20.3. The van der Waals surface area contributed by atoms with Crippen LogP contribution in [0.2, 0.25) is 0 Å². The highest BCUT2D eigenvalue weighted by Gasteiger charge is 2.30. The molecule has 0 bridgehead atoms. The van der Waals surface area contributed by atoms with E-state index < -0.39 is 0 Å². The van der Waals surface area contributed by atoms with Crippen molar-refractivity contribution in [2.24, 2.45) is 23.7 Å². The summed E-state index contributed by atoms with van der Waals surface area (Å²) < 4.78 is 7.34. The number of rotatable bonds is 28. The van der Waals surface area contributed by atoms with Crippen LogP contribution in [-0.2, 0) is 12.8 Å². The van der Waals surface area contributed by atoms with Crippen molar-refractivity contribution < 1.29 is 9.59 Å². The molecule has 1 aromatic carbocycles. The van der Waals surface area contributed by atoms with Gasteiger partial charge in [-0.25, -0.2) is 0 Å². The highest BCUT2D eigenvalue weighted by Crippen LogP contribution is 2.58. The van der Waals surface area contributed by atoms with Crippen molar-refractivity contribution in [3.63, 3.8) is 0 Å². The van der Waals surface area contributed by atoms with E-state index in [0.717, 1.165) is 92.3 Å². The van der Waals surface area contributed by atoms with Gasteiger partial charge in [-0.3, -0.25) is 9.59 Å². The second-order valence-corrected chi connectivity index (χ2v) is 31.8. The zero-order chi connectivity index (χ0) is 52.2. The van der Waals surface area contributed by atoms with Gasteiger partial charge in [0.25, 0.3) is 0 Å². The molecule has 74 heavy (non-hydrogen) atoms. The lowest BCUT2D eigenvalue weighted by Gasteiger charge is -2.13. The van der Waals surface area contributed by atoms with E-state index in [4.69, 9.17) is 0 Å². The monoisotopic (exact) mass is 1260 g/mol. The van der Waals surface area contributed by atoms with Crippen LogP contribution < -0.4 is 0 Å². The summed E-state index contributed by atoms with van der Waals surface area (Å²) in [6.45, 7) is 18.1. The van der Waals surface area contributed by atoms with Crippen LogP contribution in [-0.4, -0.2) is 11.6 Å². The minimum Gasteiger partial charge on any atom is -0.293 e. The van der Waals surface area contributed by atoms with Crippen LogP contribution in [0.15, 0.2) is 56.1 Å². The summed E-state index contributed by atoms with van der Waals surface area (Å²) in [5.74, 6) is 2.13. The van der Waals surface area contributed by atoms with E-state index in [1.165, 1.54) is 131 Å². The quantitative estimate of drug-likeness (QED) is 0.0458. The smallest absolute Gasteiger partial charge is 0.175 e. The van der Waals surface area contributed by atoms with Gasteiger partial charge in [0, 0.05) is 83.2 Å². The lowest BCUT2D eigenvalue weighted by atomic mass is 9.94. The largest absolute Gasteiger partial charge is 0.293 e. The molecule has 0 spiro atoms. The topological polar surface area (TPSA) is 34.1 Å². The normalized spacial score (nSPS) is 13.9. The molecule has 0 fully saturated rings. The Morgan fingerprint density at radius 1 is 0.419 bits per heavy atom. The minimum atomic E-state index is 0.0699. The fraction of sp³-hybridized carbons (Fsp3) is 0.484. The molecule has 0 saturated carbocycles. The summed E-state index contributed by atoms with van der Waals surface area (Å²) in [6, 6.07) is 19.1. The summed E-state index contributed by atoms with van der Waals surface area (Å²) in [7, 11) is 0. The molecule has 0 radical (unpaired) electrons. The number of Topliss-reactive ketones (excluding diaryl/α,β-unsaturated/α-hetero) is 2. The standard InChI is InChI=1S/C62H72Br2O2S8/c1-9-17-21-35(13-5)29-39-25-27-45(67-39)51-41-31-49(59-57-43(61(63)73-59)33-47(69-57)53(65)37(15-7)23-19-11-3)72-56(41)52(46-28-26-40(68-46)30-36(14-6)22-18-10-2)42-32-50(71-55(42)51)60-58-44(62(64)74-60)34-48(70-58)54(66)38(16-8)24-20-12-4/h25-28,31-38H,9-24,29-30H2,1-8H3. The lowest BCUT2D eigenvalue weighted by molar-refractivity contribution is 0.0905. The van der Waals surface area contributed by atoms with Gasteiger partial charge in [0.2, 0.25) is 0 Å². The van der Waals surface area contributed by atoms with E-state index in [1.807, 2.05) is 68.0 Å². The van der Waals surface area contributed by atoms with Crippen molar-refractivity contribution in [2.45, 2.75) is 171 Å². The highest BCUT2D eigenvalue weighted by atomic mass is 79.9. The van der Waals surface area contributed by atoms with Crippen LogP contribution in [0.25, 0.3) is 80.7 Å². The number of fused-ring (bicyclic) bond motifs is 4. The van der Waals surface area contributed by atoms with E-state index in [-0.39, 0.29) is 11.8 Å². The lowest BCUT2D eigenvalue weighted by Crippen LogP contribution is -2.12. The number of unbranched alkanes of at least 4 members (excludes halogenated alkanes) is 4. The molecule has 0 amide bonds. The Labute approximate surface area is 489 Å². The van der Waals surface area contributed by atoms with Crippen LogP contribution in [0, 0.1) is 23.7 Å². The number of hydrogen-bond donors (Lipinski definition) is 0. The van der Waals surface area contributed by atoms with Crippen molar-refractivity contribution in [2.75, 3.05) is 0 Å². The molecule has 0 N–H and O–H groups in total. The van der Waals surface area contributed by atoms with Crippen LogP contribution in [0.4, 0.5) is 0 Å². The fourth-order valence-corrected chi connectivity index (χ4v) is 22.8. The first-order chi connectivity index (χ1) is 36.0. The SMILES string of the molecule is CCCCC(CC)Cc1ccc(-c2c3cc(-c4sc(Br)c5cc(C(=O)C(CC)CCCC)sc45)sc3c(-c3ccc(CC(CC)CCCC)s3)c3cc(-c4sc(Br)c5cc(C(=O)C(CC)CCCC)sc45)sc23)s1. The Balaban J connectivity index is 1.27. The molecule has 9 rings (SSSR count). The third kappa shape index (κ3) is 11.9. The van der Waals surface area contributed by atoms with Crippen molar-refractivity contribution in [1.82, 2.24) is 0 Å². The molecule has 0 aliphatic rings. The van der Waals surface area contributed by atoms with Gasteiger partial charge >= 0.3 is 0 Å². The Morgan fingerprint density at radius 3 is 1.18 bits per heavy atom. The Kier molecular flexibility index (Phi) is 19.9. The number of halogens is 2. The van der Waals surface area contributed by atoms with Gasteiger partial charge in [0.15, 0.2) is 11.6 Å². The van der Waals surface area contributed by atoms with E-state index in [1.54, 1.807) is 22.7 Å². The average molecular weight is 1270 g/mol. The first-order valence-electron chi connectivity index (χ1n) is 27.7. The van der Waals surface area contributed by atoms with Gasteiger partial charge in [-0.1, -0.05) is 132 Å². The second-order valence-electron chi connectivity index (χ2n) is 20.6. The van der Waals surface area contributed by atoms with Gasteiger partial charge in [0.05, 0.1) is 36.5 Å². The summed E-state index contributed by atoms with van der Waals surface area (Å²) in [5.41, 5.74) is 2.70. The minimum absolute atomic E-state index is 0.0699. The van der Waals surface area contributed by atoms with E-state index >= 15 is 0 Å². The van der Waals surface area contributed by atoms with Crippen LogP contribution in [0.5, 0.6) is 0 Å². The predicted octanol–water partition coefficient (Wildman–Crippen LogP) is 25.3. The van der Waals surface area contributed by atoms with Gasteiger partial charge in [0.1, 0.15) is 0 Å².